The molecule has 0 radical (unpaired) electrons. The van der Waals surface area contributed by atoms with E-state index in [0.29, 0.717) is 22.2 Å². The summed E-state index contributed by atoms with van der Waals surface area (Å²) in [6, 6.07) is 15.2. The lowest BCUT2D eigenvalue weighted by atomic mass is 10.1. The molecular formula is C25H28FN5O2S. The van der Waals surface area contributed by atoms with Crippen molar-refractivity contribution in [3.63, 3.8) is 0 Å². The van der Waals surface area contributed by atoms with Crippen LogP contribution in [-0.4, -0.2) is 56.3 Å². The third-order valence-corrected chi connectivity index (χ3v) is 6.96. The van der Waals surface area contributed by atoms with Gasteiger partial charge in [-0.2, -0.15) is 5.26 Å². The number of rotatable bonds is 9. The van der Waals surface area contributed by atoms with Gasteiger partial charge in [0, 0.05) is 11.4 Å². The topological polar surface area (TPSA) is 87.2 Å². The number of aliphatic hydroxyl groups excluding tert-OH is 1. The largest absolute Gasteiger partial charge is 0.491 e. The van der Waals surface area contributed by atoms with E-state index in [9.17, 15) is 9.50 Å². The number of nitrogens with zero attached hydrogens (tertiary/aromatic N) is 5. The second kappa shape index (κ2) is 11.5. The molecule has 2 atom stereocenters. The first-order valence-electron chi connectivity index (χ1n) is 11.4. The van der Waals surface area contributed by atoms with Crippen molar-refractivity contribution in [2.24, 2.45) is 0 Å². The number of piperidine rings is 1. The average Bonchev–Trinajstić information content (AvgIpc) is 3.31. The molecule has 3 aromatic rings. The molecule has 0 amide bonds. The first-order valence-corrected chi connectivity index (χ1v) is 12.4. The summed E-state index contributed by atoms with van der Waals surface area (Å²) in [6.45, 7) is 4.28. The highest BCUT2D eigenvalue weighted by molar-refractivity contribution is 7.99. The summed E-state index contributed by atoms with van der Waals surface area (Å²) >= 11 is 1.38. The average molecular weight is 482 g/mol. The van der Waals surface area contributed by atoms with Gasteiger partial charge < -0.3 is 9.84 Å². The molecule has 1 aromatic heterocycles. The molecular weight excluding hydrogens is 453 g/mol. The molecule has 9 heteroatoms. The molecule has 4 rings (SSSR count). The number of hydrogen-bond acceptors (Lipinski definition) is 7. The molecule has 0 spiro atoms. The van der Waals surface area contributed by atoms with Crippen LogP contribution in [0.25, 0.3) is 5.69 Å². The summed E-state index contributed by atoms with van der Waals surface area (Å²) in [6.07, 6.45) is 2.85. The Morgan fingerprint density at radius 3 is 2.47 bits per heavy atom. The minimum absolute atomic E-state index is 0.0665. The Bertz CT molecular complexity index is 1110. The Morgan fingerprint density at radius 2 is 1.79 bits per heavy atom. The van der Waals surface area contributed by atoms with Gasteiger partial charge in [0.05, 0.1) is 23.8 Å². The normalized spacial score (nSPS) is 16.1. The fraction of sp³-hybridized carbons (Fsp3) is 0.400. The van der Waals surface area contributed by atoms with Crippen molar-refractivity contribution in [2.75, 3.05) is 25.4 Å². The summed E-state index contributed by atoms with van der Waals surface area (Å²) in [7, 11) is 0. The van der Waals surface area contributed by atoms with Gasteiger partial charge in [0.2, 0.25) is 0 Å². The van der Waals surface area contributed by atoms with Gasteiger partial charge in [0.15, 0.2) is 11.0 Å². The molecule has 0 saturated carbocycles. The van der Waals surface area contributed by atoms with Crippen LogP contribution in [-0.2, 0) is 0 Å². The summed E-state index contributed by atoms with van der Waals surface area (Å²) in [5.74, 6) is 1.45. The number of likely N-dealkylation sites (tertiary alicyclic amines) is 1. The van der Waals surface area contributed by atoms with Crippen LogP contribution in [0.1, 0.15) is 43.6 Å². The maximum Gasteiger partial charge on any atom is 0.195 e. The molecule has 0 bridgehead atoms. The van der Waals surface area contributed by atoms with Crippen molar-refractivity contribution in [1.82, 2.24) is 19.7 Å². The van der Waals surface area contributed by atoms with E-state index < -0.39 is 6.10 Å². The Balaban J connectivity index is 1.46. The fourth-order valence-electron chi connectivity index (χ4n) is 3.98. The van der Waals surface area contributed by atoms with E-state index in [4.69, 9.17) is 10.00 Å². The number of aromatic nitrogens is 3. The Hall–Kier alpha value is -2.93. The van der Waals surface area contributed by atoms with Crippen molar-refractivity contribution in [3.8, 4) is 17.5 Å². The summed E-state index contributed by atoms with van der Waals surface area (Å²) in [4.78, 5) is 2.41. The van der Waals surface area contributed by atoms with Gasteiger partial charge in [-0.05, 0) is 81.4 Å². The third kappa shape index (κ3) is 5.95. The standard InChI is InChI=1S/C25H28FN5O2S/c1-18(30-13-3-2-4-14-30)24-28-29-25(31(24)21-9-7-20(26)8-10-21)34-17-22(32)16-33-23-11-5-19(15-27)6-12-23/h5-12,18,22,32H,2-4,13-14,16-17H2,1H3. The molecule has 2 heterocycles. The molecule has 178 valence electrons. The van der Waals surface area contributed by atoms with Crippen LogP contribution >= 0.6 is 11.8 Å². The third-order valence-electron chi connectivity index (χ3n) is 5.89. The highest BCUT2D eigenvalue weighted by Gasteiger charge is 2.26. The van der Waals surface area contributed by atoms with Crippen LogP contribution in [0.3, 0.4) is 0 Å². The van der Waals surface area contributed by atoms with E-state index in [2.05, 4.69) is 28.1 Å². The molecule has 0 aliphatic carbocycles. The van der Waals surface area contributed by atoms with Crippen LogP contribution in [0.5, 0.6) is 5.75 Å². The van der Waals surface area contributed by atoms with Crippen LogP contribution in [0.15, 0.2) is 53.7 Å². The van der Waals surface area contributed by atoms with Gasteiger partial charge >= 0.3 is 0 Å². The Morgan fingerprint density at radius 1 is 1.09 bits per heavy atom. The van der Waals surface area contributed by atoms with Gasteiger partial charge in [-0.3, -0.25) is 9.47 Å². The number of thioether (sulfide) groups is 1. The summed E-state index contributed by atoms with van der Waals surface area (Å²) in [5.41, 5.74) is 1.34. The van der Waals surface area contributed by atoms with Crippen molar-refractivity contribution in [3.05, 3.63) is 65.7 Å². The number of ether oxygens (including phenoxy) is 1. The van der Waals surface area contributed by atoms with Gasteiger partial charge in [0.25, 0.3) is 0 Å². The maximum absolute atomic E-state index is 13.6. The molecule has 1 aliphatic rings. The number of benzene rings is 2. The van der Waals surface area contributed by atoms with Gasteiger partial charge in [-0.15, -0.1) is 10.2 Å². The second-order valence-corrected chi connectivity index (χ2v) is 9.32. The molecule has 2 aromatic carbocycles. The maximum atomic E-state index is 13.6. The number of nitriles is 1. The number of halogens is 1. The van der Waals surface area contributed by atoms with E-state index >= 15 is 0 Å². The first kappa shape index (κ1) is 24.2. The predicted molar refractivity (Wildman–Crippen MR) is 129 cm³/mol. The van der Waals surface area contributed by atoms with Gasteiger partial charge in [-0.25, -0.2) is 4.39 Å². The van der Waals surface area contributed by atoms with Crippen molar-refractivity contribution in [2.45, 2.75) is 43.5 Å². The first-order chi connectivity index (χ1) is 16.5. The molecule has 1 fully saturated rings. The van der Waals surface area contributed by atoms with Gasteiger partial charge in [0.1, 0.15) is 18.2 Å². The zero-order valence-corrected chi connectivity index (χ0v) is 19.9. The minimum atomic E-state index is -0.734. The molecule has 34 heavy (non-hydrogen) atoms. The Kier molecular flexibility index (Phi) is 8.16. The predicted octanol–water partition coefficient (Wildman–Crippen LogP) is 4.36. The molecule has 2 unspecified atom stereocenters. The smallest absolute Gasteiger partial charge is 0.195 e. The van der Waals surface area contributed by atoms with Crippen molar-refractivity contribution < 1.29 is 14.2 Å². The second-order valence-electron chi connectivity index (χ2n) is 8.34. The van der Waals surface area contributed by atoms with Crippen LogP contribution in [0.2, 0.25) is 0 Å². The highest BCUT2D eigenvalue weighted by Crippen LogP contribution is 2.29. The lowest BCUT2D eigenvalue weighted by molar-refractivity contribution is 0.126. The molecule has 1 aliphatic heterocycles. The number of aliphatic hydroxyl groups is 1. The molecule has 1 saturated heterocycles. The van der Waals surface area contributed by atoms with Crippen LogP contribution < -0.4 is 4.74 Å². The quantitative estimate of drug-likeness (QED) is 0.455. The van der Waals surface area contributed by atoms with Crippen LogP contribution in [0, 0.1) is 17.1 Å². The molecule has 1 N–H and O–H groups in total. The lowest BCUT2D eigenvalue weighted by Crippen LogP contribution is -2.33. The van der Waals surface area contributed by atoms with E-state index in [1.54, 1.807) is 36.4 Å². The van der Waals surface area contributed by atoms with Gasteiger partial charge in [-0.1, -0.05) is 18.2 Å². The summed E-state index contributed by atoms with van der Waals surface area (Å²) in [5, 5.41) is 28.9. The zero-order chi connectivity index (χ0) is 23.9. The van der Waals surface area contributed by atoms with Crippen molar-refractivity contribution >= 4 is 11.8 Å². The van der Waals surface area contributed by atoms with Crippen LogP contribution in [0.4, 0.5) is 4.39 Å². The minimum Gasteiger partial charge on any atom is -0.491 e. The van der Waals surface area contributed by atoms with E-state index in [-0.39, 0.29) is 18.5 Å². The van der Waals surface area contributed by atoms with E-state index in [1.807, 2.05) is 4.57 Å². The summed E-state index contributed by atoms with van der Waals surface area (Å²) < 4.78 is 21.2. The highest BCUT2D eigenvalue weighted by atomic mass is 32.2. The fourth-order valence-corrected chi connectivity index (χ4v) is 4.85. The van der Waals surface area contributed by atoms with E-state index in [1.165, 1.54) is 43.2 Å². The zero-order valence-electron chi connectivity index (χ0n) is 19.1. The Labute approximate surface area is 203 Å². The van der Waals surface area contributed by atoms with Crippen molar-refractivity contribution in [1.29, 1.82) is 5.26 Å². The molecule has 7 nitrogen and oxygen atoms in total. The lowest BCUT2D eigenvalue weighted by Gasteiger charge is -2.31. The monoisotopic (exact) mass is 481 g/mol. The number of hydrogen-bond donors (Lipinski definition) is 1. The SMILES string of the molecule is CC(c1nnc(SCC(O)COc2ccc(C#N)cc2)n1-c1ccc(F)cc1)N1CCCCC1. The van der Waals surface area contributed by atoms with E-state index in [0.717, 1.165) is 24.6 Å².